The van der Waals surface area contributed by atoms with Gasteiger partial charge in [0.1, 0.15) is 18.9 Å². The number of oxime groups is 1. The van der Waals surface area contributed by atoms with Crippen LogP contribution < -0.4 is 0 Å². The van der Waals surface area contributed by atoms with Gasteiger partial charge >= 0.3 is 5.97 Å². The third-order valence-corrected chi connectivity index (χ3v) is 2.72. The van der Waals surface area contributed by atoms with Gasteiger partial charge in [0.15, 0.2) is 0 Å². The van der Waals surface area contributed by atoms with Gasteiger partial charge in [-0.2, -0.15) is 0 Å². The first-order valence-corrected chi connectivity index (χ1v) is 6.75. The van der Waals surface area contributed by atoms with Crippen LogP contribution >= 0.6 is 0 Å². The van der Waals surface area contributed by atoms with Crippen molar-refractivity contribution in [2.24, 2.45) is 5.16 Å². The SMILES string of the molecule is O=C(O)COCCO/N=C(\Cn1ccnc1)c1ccccc1. The zero-order chi connectivity index (χ0) is 15.6. The maximum Gasteiger partial charge on any atom is 0.329 e. The van der Waals surface area contributed by atoms with Gasteiger partial charge in [-0.1, -0.05) is 35.5 Å². The molecular weight excluding hydrogens is 286 g/mol. The van der Waals surface area contributed by atoms with Crippen molar-refractivity contribution in [2.75, 3.05) is 19.8 Å². The molecule has 0 fully saturated rings. The Morgan fingerprint density at radius 3 is 2.77 bits per heavy atom. The Morgan fingerprint density at radius 2 is 2.09 bits per heavy atom. The number of hydrogen-bond acceptors (Lipinski definition) is 5. The Hall–Kier alpha value is -2.67. The number of benzene rings is 1. The van der Waals surface area contributed by atoms with Gasteiger partial charge in [-0.25, -0.2) is 9.78 Å². The van der Waals surface area contributed by atoms with Crippen LogP contribution in [0, 0.1) is 0 Å². The molecule has 0 spiro atoms. The predicted octanol–water partition coefficient (Wildman–Crippen LogP) is 1.41. The minimum absolute atomic E-state index is 0.170. The molecule has 0 unspecified atom stereocenters. The molecular formula is C15H17N3O4. The predicted molar refractivity (Wildman–Crippen MR) is 79.6 cm³/mol. The lowest BCUT2D eigenvalue weighted by molar-refractivity contribution is -0.142. The largest absolute Gasteiger partial charge is 0.480 e. The van der Waals surface area contributed by atoms with Crippen LogP contribution in [0.3, 0.4) is 0 Å². The molecule has 0 aliphatic heterocycles. The highest BCUT2D eigenvalue weighted by atomic mass is 16.6. The Kier molecular flexibility index (Phi) is 6.13. The molecule has 22 heavy (non-hydrogen) atoms. The number of carbonyl (C=O) groups is 1. The molecule has 0 radical (unpaired) electrons. The molecule has 1 N–H and O–H groups in total. The van der Waals surface area contributed by atoms with E-state index < -0.39 is 5.97 Å². The van der Waals surface area contributed by atoms with E-state index in [-0.39, 0.29) is 19.8 Å². The third kappa shape index (κ3) is 5.37. The number of aliphatic carboxylic acids is 1. The molecule has 0 saturated heterocycles. The van der Waals surface area contributed by atoms with Crippen LogP contribution in [0.5, 0.6) is 0 Å². The number of nitrogens with zero attached hydrogens (tertiary/aromatic N) is 3. The van der Waals surface area contributed by atoms with Crippen LogP contribution in [-0.4, -0.2) is 46.2 Å². The molecule has 0 aliphatic rings. The first kappa shape index (κ1) is 15.7. The molecule has 7 nitrogen and oxygen atoms in total. The zero-order valence-electron chi connectivity index (χ0n) is 12.0. The number of ether oxygens (including phenoxy) is 1. The van der Waals surface area contributed by atoms with E-state index in [1.165, 1.54) is 0 Å². The van der Waals surface area contributed by atoms with E-state index in [0.717, 1.165) is 11.3 Å². The summed E-state index contributed by atoms with van der Waals surface area (Å²) in [7, 11) is 0. The Bertz CT molecular complexity index is 597. The zero-order valence-corrected chi connectivity index (χ0v) is 12.0. The molecule has 0 bridgehead atoms. The number of carboxylic acids is 1. The summed E-state index contributed by atoms with van der Waals surface area (Å²) in [5, 5.41) is 12.6. The normalized spacial score (nSPS) is 11.4. The first-order chi connectivity index (χ1) is 10.8. The van der Waals surface area contributed by atoms with Crippen LogP contribution in [0.1, 0.15) is 5.56 Å². The summed E-state index contributed by atoms with van der Waals surface area (Å²) in [6.45, 7) is 0.546. The van der Waals surface area contributed by atoms with Gasteiger partial charge in [0.25, 0.3) is 0 Å². The molecule has 116 valence electrons. The smallest absolute Gasteiger partial charge is 0.329 e. The molecule has 0 atom stereocenters. The summed E-state index contributed by atoms with van der Waals surface area (Å²) < 4.78 is 6.76. The highest BCUT2D eigenvalue weighted by Crippen LogP contribution is 2.04. The maximum atomic E-state index is 10.3. The fraction of sp³-hybridized carbons (Fsp3) is 0.267. The fourth-order valence-electron chi connectivity index (χ4n) is 1.74. The van der Waals surface area contributed by atoms with E-state index in [4.69, 9.17) is 14.7 Å². The molecule has 1 aromatic heterocycles. The molecule has 0 saturated carbocycles. The molecule has 2 rings (SSSR count). The van der Waals surface area contributed by atoms with E-state index in [9.17, 15) is 4.79 Å². The molecule has 7 heteroatoms. The van der Waals surface area contributed by atoms with Gasteiger partial charge in [-0.15, -0.1) is 0 Å². The fourth-order valence-corrected chi connectivity index (χ4v) is 1.74. The average Bonchev–Trinajstić information content (AvgIpc) is 3.03. The van der Waals surface area contributed by atoms with Crippen molar-refractivity contribution in [1.29, 1.82) is 0 Å². The van der Waals surface area contributed by atoms with Gasteiger partial charge in [0.2, 0.25) is 0 Å². The molecule has 1 aromatic carbocycles. The van der Waals surface area contributed by atoms with Gasteiger partial charge in [-0.3, -0.25) is 0 Å². The minimum atomic E-state index is -1.01. The molecule has 2 aromatic rings. The van der Waals surface area contributed by atoms with Crippen molar-refractivity contribution < 1.29 is 19.5 Å². The second-order valence-electron chi connectivity index (χ2n) is 4.42. The lowest BCUT2D eigenvalue weighted by Crippen LogP contribution is -2.13. The number of rotatable bonds is 9. The highest BCUT2D eigenvalue weighted by molar-refractivity contribution is 6.00. The lowest BCUT2D eigenvalue weighted by atomic mass is 10.1. The van der Waals surface area contributed by atoms with Crippen LogP contribution in [0.15, 0.2) is 54.2 Å². The number of carboxylic acid groups (broad SMARTS) is 1. The summed E-state index contributed by atoms with van der Waals surface area (Å²) in [6.07, 6.45) is 5.24. The lowest BCUT2D eigenvalue weighted by Gasteiger charge is -2.08. The quantitative estimate of drug-likeness (QED) is 0.430. The second kappa shape index (κ2) is 8.58. The summed E-state index contributed by atoms with van der Waals surface area (Å²) in [5.74, 6) is -1.01. The number of aromatic nitrogens is 2. The van der Waals surface area contributed by atoms with Crippen molar-refractivity contribution in [1.82, 2.24) is 9.55 Å². The summed E-state index contributed by atoms with van der Waals surface area (Å²) in [5.41, 5.74) is 1.69. The second-order valence-corrected chi connectivity index (χ2v) is 4.42. The van der Waals surface area contributed by atoms with Crippen molar-refractivity contribution >= 4 is 11.7 Å². The van der Waals surface area contributed by atoms with Crippen LogP contribution in [-0.2, 0) is 20.9 Å². The van der Waals surface area contributed by atoms with Gasteiger partial charge in [0.05, 0.1) is 19.5 Å². The van der Waals surface area contributed by atoms with Crippen LogP contribution in [0.25, 0.3) is 0 Å². The van der Waals surface area contributed by atoms with E-state index in [1.54, 1.807) is 12.5 Å². The number of imidazole rings is 1. The molecule has 0 amide bonds. The summed E-state index contributed by atoms with van der Waals surface area (Å²) >= 11 is 0. The topological polar surface area (TPSA) is 85.9 Å². The Balaban J connectivity index is 1.92. The average molecular weight is 303 g/mol. The van der Waals surface area contributed by atoms with E-state index in [0.29, 0.717) is 6.54 Å². The minimum Gasteiger partial charge on any atom is -0.480 e. The third-order valence-electron chi connectivity index (χ3n) is 2.72. The highest BCUT2D eigenvalue weighted by Gasteiger charge is 2.05. The summed E-state index contributed by atoms with van der Waals surface area (Å²) in [4.78, 5) is 19.5. The summed E-state index contributed by atoms with van der Waals surface area (Å²) in [6, 6.07) is 9.67. The van der Waals surface area contributed by atoms with Gasteiger partial charge in [0, 0.05) is 18.0 Å². The van der Waals surface area contributed by atoms with Crippen molar-refractivity contribution in [3.05, 3.63) is 54.6 Å². The monoisotopic (exact) mass is 303 g/mol. The van der Waals surface area contributed by atoms with Crippen LogP contribution in [0.2, 0.25) is 0 Å². The maximum absolute atomic E-state index is 10.3. The first-order valence-electron chi connectivity index (χ1n) is 6.75. The van der Waals surface area contributed by atoms with Gasteiger partial charge < -0.3 is 19.2 Å². The Morgan fingerprint density at radius 1 is 1.27 bits per heavy atom. The van der Waals surface area contributed by atoms with Gasteiger partial charge in [-0.05, 0) is 0 Å². The molecule has 1 heterocycles. The van der Waals surface area contributed by atoms with E-state index in [1.807, 2.05) is 41.1 Å². The van der Waals surface area contributed by atoms with Crippen molar-refractivity contribution in [2.45, 2.75) is 6.54 Å². The standard InChI is InChI=1S/C15H17N3O4/c19-15(20)11-21-8-9-22-17-14(10-18-7-6-16-12-18)13-4-2-1-3-5-13/h1-7,12H,8-11H2,(H,19,20)/b17-14+. The van der Waals surface area contributed by atoms with Crippen LogP contribution in [0.4, 0.5) is 0 Å². The van der Waals surface area contributed by atoms with E-state index >= 15 is 0 Å². The number of hydrogen-bond donors (Lipinski definition) is 1. The van der Waals surface area contributed by atoms with Crippen molar-refractivity contribution in [3.63, 3.8) is 0 Å². The van der Waals surface area contributed by atoms with Crippen molar-refractivity contribution in [3.8, 4) is 0 Å². The Labute approximate surface area is 127 Å². The molecule has 0 aliphatic carbocycles. The van der Waals surface area contributed by atoms with E-state index in [2.05, 4.69) is 10.1 Å².